The SMILES string of the molecule is C=C1c2c(C)cc(C)c(C)c2OC1(C)CO. The van der Waals surface area contributed by atoms with Crippen LogP contribution in [0.25, 0.3) is 5.57 Å². The molecule has 0 aromatic heterocycles. The molecule has 2 heteroatoms. The van der Waals surface area contributed by atoms with E-state index in [1.165, 1.54) is 11.1 Å². The highest BCUT2D eigenvalue weighted by Gasteiger charge is 2.40. The molecule has 0 spiro atoms. The summed E-state index contributed by atoms with van der Waals surface area (Å²) in [4.78, 5) is 0. The Hall–Kier alpha value is -1.28. The van der Waals surface area contributed by atoms with Gasteiger partial charge >= 0.3 is 0 Å². The molecule has 1 aromatic carbocycles. The molecule has 1 N–H and O–H groups in total. The van der Waals surface area contributed by atoms with Crippen LogP contribution in [0.2, 0.25) is 0 Å². The van der Waals surface area contributed by atoms with E-state index in [1.54, 1.807) is 0 Å². The van der Waals surface area contributed by atoms with Crippen molar-refractivity contribution in [1.82, 2.24) is 0 Å². The lowest BCUT2D eigenvalue weighted by Gasteiger charge is -2.22. The minimum Gasteiger partial charge on any atom is -0.480 e. The summed E-state index contributed by atoms with van der Waals surface area (Å²) in [7, 11) is 0. The number of rotatable bonds is 1. The Morgan fingerprint density at radius 2 is 1.94 bits per heavy atom. The molecule has 86 valence electrons. The normalized spacial score (nSPS) is 23.2. The highest BCUT2D eigenvalue weighted by Crippen LogP contribution is 2.47. The number of benzene rings is 1. The maximum Gasteiger partial charge on any atom is 0.154 e. The Morgan fingerprint density at radius 3 is 2.50 bits per heavy atom. The van der Waals surface area contributed by atoms with Gasteiger partial charge in [0.1, 0.15) is 5.75 Å². The quantitative estimate of drug-likeness (QED) is 0.785. The third-order valence-electron chi connectivity index (χ3n) is 3.56. The molecule has 1 heterocycles. The van der Waals surface area contributed by atoms with Crippen LogP contribution < -0.4 is 4.74 Å². The summed E-state index contributed by atoms with van der Waals surface area (Å²) >= 11 is 0. The highest BCUT2D eigenvalue weighted by molar-refractivity contribution is 5.82. The van der Waals surface area contributed by atoms with Crippen LogP contribution >= 0.6 is 0 Å². The van der Waals surface area contributed by atoms with Gasteiger partial charge in [-0.25, -0.2) is 0 Å². The lowest BCUT2D eigenvalue weighted by atomic mass is 9.90. The minimum atomic E-state index is -0.661. The van der Waals surface area contributed by atoms with Crippen molar-refractivity contribution in [1.29, 1.82) is 0 Å². The number of hydrogen-bond donors (Lipinski definition) is 1. The van der Waals surface area contributed by atoms with Crippen molar-refractivity contribution in [3.05, 3.63) is 34.9 Å². The summed E-state index contributed by atoms with van der Waals surface area (Å²) < 4.78 is 5.90. The molecule has 2 nitrogen and oxygen atoms in total. The molecule has 1 unspecified atom stereocenters. The van der Waals surface area contributed by atoms with E-state index < -0.39 is 5.60 Å². The monoisotopic (exact) mass is 218 g/mol. The maximum atomic E-state index is 9.43. The van der Waals surface area contributed by atoms with E-state index in [4.69, 9.17) is 4.74 Å². The van der Waals surface area contributed by atoms with Gasteiger partial charge in [-0.3, -0.25) is 0 Å². The molecule has 2 rings (SSSR count). The zero-order valence-corrected chi connectivity index (χ0v) is 10.3. The van der Waals surface area contributed by atoms with E-state index in [1.807, 2.05) is 13.8 Å². The summed E-state index contributed by atoms with van der Waals surface area (Å²) in [6.07, 6.45) is 0. The first kappa shape index (κ1) is 11.2. The van der Waals surface area contributed by atoms with E-state index in [0.717, 1.165) is 22.4 Å². The van der Waals surface area contributed by atoms with Crippen LogP contribution in [-0.2, 0) is 0 Å². The molecule has 16 heavy (non-hydrogen) atoms. The van der Waals surface area contributed by atoms with Crippen molar-refractivity contribution < 1.29 is 9.84 Å². The average Bonchev–Trinajstić information content (AvgIpc) is 2.50. The van der Waals surface area contributed by atoms with Gasteiger partial charge in [0, 0.05) is 11.1 Å². The van der Waals surface area contributed by atoms with Crippen LogP contribution in [0.5, 0.6) is 5.75 Å². The van der Waals surface area contributed by atoms with Crippen LogP contribution in [0.1, 0.15) is 29.2 Å². The van der Waals surface area contributed by atoms with E-state index in [2.05, 4.69) is 26.5 Å². The topological polar surface area (TPSA) is 29.5 Å². The number of aryl methyl sites for hydroxylation is 2. The van der Waals surface area contributed by atoms with Crippen molar-refractivity contribution in [2.45, 2.75) is 33.3 Å². The predicted octanol–water partition coefficient (Wildman–Crippen LogP) is 2.77. The largest absolute Gasteiger partial charge is 0.480 e. The molecule has 1 aromatic rings. The van der Waals surface area contributed by atoms with Gasteiger partial charge in [-0.1, -0.05) is 12.6 Å². The van der Waals surface area contributed by atoms with E-state index >= 15 is 0 Å². The molecular weight excluding hydrogens is 200 g/mol. The van der Waals surface area contributed by atoms with Crippen LogP contribution in [-0.4, -0.2) is 17.3 Å². The zero-order valence-electron chi connectivity index (χ0n) is 10.3. The van der Waals surface area contributed by atoms with E-state index in [9.17, 15) is 5.11 Å². The maximum absolute atomic E-state index is 9.43. The molecule has 0 fully saturated rings. The summed E-state index contributed by atoms with van der Waals surface area (Å²) in [5.74, 6) is 0.888. The highest BCUT2D eigenvalue weighted by atomic mass is 16.5. The van der Waals surface area contributed by atoms with Crippen molar-refractivity contribution >= 4 is 5.57 Å². The number of hydrogen-bond acceptors (Lipinski definition) is 2. The molecule has 1 aliphatic rings. The second kappa shape index (κ2) is 3.36. The molecule has 0 aliphatic carbocycles. The Labute approximate surface area is 96.6 Å². The van der Waals surface area contributed by atoms with Crippen LogP contribution in [0, 0.1) is 20.8 Å². The second-order valence-corrected chi connectivity index (χ2v) is 4.81. The van der Waals surface area contributed by atoms with Gasteiger partial charge in [-0.2, -0.15) is 0 Å². The van der Waals surface area contributed by atoms with Crippen molar-refractivity contribution in [2.24, 2.45) is 0 Å². The second-order valence-electron chi connectivity index (χ2n) is 4.81. The van der Waals surface area contributed by atoms with Gasteiger partial charge in [0.05, 0.1) is 6.61 Å². The van der Waals surface area contributed by atoms with Crippen LogP contribution in [0.15, 0.2) is 12.6 Å². The van der Waals surface area contributed by atoms with Crippen molar-refractivity contribution in [3.63, 3.8) is 0 Å². The average molecular weight is 218 g/mol. The van der Waals surface area contributed by atoms with Crippen LogP contribution in [0.4, 0.5) is 0 Å². The molecule has 0 saturated carbocycles. The van der Waals surface area contributed by atoms with Gasteiger partial charge < -0.3 is 9.84 Å². The first-order valence-corrected chi connectivity index (χ1v) is 5.51. The Bertz CT molecular complexity index is 474. The Kier molecular flexibility index (Phi) is 2.35. The third-order valence-corrected chi connectivity index (χ3v) is 3.56. The summed E-state index contributed by atoms with van der Waals surface area (Å²) in [5, 5.41) is 9.43. The smallest absolute Gasteiger partial charge is 0.154 e. The number of aliphatic hydroxyl groups is 1. The van der Waals surface area contributed by atoms with E-state index in [-0.39, 0.29) is 6.61 Å². The van der Waals surface area contributed by atoms with Gasteiger partial charge in [0.2, 0.25) is 0 Å². The first-order valence-electron chi connectivity index (χ1n) is 5.51. The number of fused-ring (bicyclic) bond motifs is 1. The molecule has 0 amide bonds. The molecule has 0 saturated heterocycles. The van der Waals surface area contributed by atoms with Crippen molar-refractivity contribution in [3.8, 4) is 5.75 Å². The standard InChI is InChI=1S/C14H18O2/c1-8-6-9(2)12-11(4)14(5,7-15)16-13(12)10(8)3/h6,15H,4,7H2,1-3,5H3. The van der Waals surface area contributed by atoms with Crippen LogP contribution in [0.3, 0.4) is 0 Å². The molecular formula is C14H18O2. The zero-order chi connectivity index (χ0) is 12.1. The van der Waals surface area contributed by atoms with Gasteiger partial charge in [0.25, 0.3) is 0 Å². The third kappa shape index (κ3) is 1.30. The molecule has 1 aliphatic heterocycles. The molecule has 0 radical (unpaired) electrons. The van der Waals surface area contributed by atoms with Gasteiger partial charge in [-0.15, -0.1) is 0 Å². The fourth-order valence-corrected chi connectivity index (χ4v) is 2.23. The number of ether oxygens (including phenoxy) is 1. The summed E-state index contributed by atoms with van der Waals surface area (Å²) in [6.45, 7) is 12.1. The van der Waals surface area contributed by atoms with Crippen molar-refractivity contribution in [2.75, 3.05) is 6.61 Å². The van der Waals surface area contributed by atoms with E-state index in [0.29, 0.717) is 0 Å². The Morgan fingerprint density at radius 1 is 1.31 bits per heavy atom. The fraction of sp³-hybridized carbons (Fsp3) is 0.429. The Balaban J connectivity index is 2.69. The lowest BCUT2D eigenvalue weighted by Crippen LogP contribution is -2.33. The van der Waals surface area contributed by atoms with Gasteiger partial charge in [-0.05, 0) is 44.4 Å². The summed E-state index contributed by atoms with van der Waals surface area (Å²) in [6, 6.07) is 2.14. The number of aliphatic hydroxyl groups excluding tert-OH is 1. The molecule has 1 atom stereocenters. The summed E-state index contributed by atoms with van der Waals surface area (Å²) in [5.41, 5.74) is 4.81. The lowest BCUT2D eigenvalue weighted by molar-refractivity contribution is 0.0849. The fourth-order valence-electron chi connectivity index (χ4n) is 2.23. The predicted molar refractivity (Wildman–Crippen MR) is 65.8 cm³/mol. The van der Waals surface area contributed by atoms with Gasteiger partial charge in [0.15, 0.2) is 5.60 Å². The first-order chi connectivity index (χ1) is 7.40. The minimum absolute atomic E-state index is 0.0432. The molecule has 0 bridgehead atoms.